The van der Waals surface area contributed by atoms with Crippen LogP contribution in [0.1, 0.15) is 5.82 Å². The average molecular weight is 223 g/mol. The van der Waals surface area contributed by atoms with E-state index < -0.39 is 0 Å². The fourth-order valence-corrected chi connectivity index (χ4v) is 1.22. The second-order valence-corrected chi connectivity index (χ2v) is 3.23. The summed E-state index contributed by atoms with van der Waals surface area (Å²) in [6.45, 7) is 0.295. The molecule has 2 rings (SSSR count). The van der Waals surface area contributed by atoms with E-state index in [4.69, 9.17) is 11.6 Å². The maximum absolute atomic E-state index is 11.4. The lowest BCUT2D eigenvalue weighted by atomic mass is 10.5. The molecule has 0 aliphatic rings. The molecular weight excluding hydrogens is 216 g/mol. The van der Waals surface area contributed by atoms with E-state index in [0.29, 0.717) is 12.4 Å². The van der Waals surface area contributed by atoms with E-state index in [1.54, 1.807) is 18.5 Å². The Kier molecular flexibility index (Phi) is 2.73. The van der Waals surface area contributed by atoms with Gasteiger partial charge in [0.1, 0.15) is 11.0 Å². The maximum atomic E-state index is 11.4. The van der Waals surface area contributed by atoms with Gasteiger partial charge in [-0.3, -0.25) is 9.36 Å². The van der Waals surface area contributed by atoms with Crippen LogP contribution < -0.4 is 5.56 Å². The van der Waals surface area contributed by atoms with Gasteiger partial charge in [-0.1, -0.05) is 11.6 Å². The van der Waals surface area contributed by atoms with Crippen LogP contribution in [-0.2, 0) is 6.54 Å². The highest BCUT2D eigenvalue weighted by Gasteiger charge is 2.00. The van der Waals surface area contributed by atoms with E-state index in [1.807, 2.05) is 0 Å². The van der Waals surface area contributed by atoms with E-state index in [2.05, 4.69) is 15.0 Å². The fraction of sp³-hybridized carbons (Fsp3) is 0.111. The van der Waals surface area contributed by atoms with Crippen molar-refractivity contribution in [1.29, 1.82) is 0 Å². The summed E-state index contributed by atoms with van der Waals surface area (Å²) in [4.78, 5) is 23.2. The van der Waals surface area contributed by atoms with Crippen molar-refractivity contribution in [2.45, 2.75) is 6.54 Å². The molecule has 0 N–H and O–H groups in total. The molecule has 2 aromatic heterocycles. The normalized spacial score (nSPS) is 10.2. The number of aromatic nitrogens is 4. The molecule has 0 spiro atoms. The SMILES string of the molecule is O=c1cc(Cl)ncn1Cc1ncccn1. The Bertz CT molecular complexity index is 511. The van der Waals surface area contributed by atoms with Crippen molar-refractivity contribution >= 4 is 11.6 Å². The molecule has 76 valence electrons. The van der Waals surface area contributed by atoms with Gasteiger partial charge < -0.3 is 0 Å². The van der Waals surface area contributed by atoms with E-state index in [9.17, 15) is 4.79 Å². The summed E-state index contributed by atoms with van der Waals surface area (Å²) in [5.41, 5.74) is -0.220. The van der Waals surface area contributed by atoms with Crippen molar-refractivity contribution < 1.29 is 0 Å². The van der Waals surface area contributed by atoms with Gasteiger partial charge >= 0.3 is 0 Å². The monoisotopic (exact) mass is 222 g/mol. The van der Waals surface area contributed by atoms with Crippen molar-refractivity contribution in [1.82, 2.24) is 19.5 Å². The third kappa shape index (κ3) is 2.38. The van der Waals surface area contributed by atoms with Crippen LogP contribution in [0.5, 0.6) is 0 Å². The van der Waals surface area contributed by atoms with Crippen molar-refractivity contribution in [3.8, 4) is 0 Å². The highest BCUT2D eigenvalue weighted by Crippen LogP contribution is 1.97. The zero-order valence-electron chi connectivity index (χ0n) is 7.67. The van der Waals surface area contributed by atoms with E-state index in [0.717, 1.165) is 0 Å². The summed E-state index contributed by atoms with van der Waals surface area (Å²) in [6, 6.07) is 2.97. The zero-order chi connectivity index (χ0) is 10.7. The summed E-state index contributed by atoms with van der Waals surface area (Å²) in [5.74, 6) is 0.559. The van der Waals surface area contributed by atoms with Gasteiger partial charge in [0.25, 0.3) is 5.56 Å². The third-order valence-corrected chi connectivity index (χ3v) is 1.98. The fourth-order valence-electron chi connectivity index (χ4n) is 1.09. The van der Waals surface area contributed by atoms with Crippen LogP contribution in [0.2, 0.25) is 5.15 Å². The Morgan fingerprint density at radius 3 is 2.67 bits per heavy atom. The molecule has 2 aromatic rings. The maximum Gasteiger partial charge on any atom is 0.255 e. The molecule has 0 saturated heterocycles. The Balaban J connectivity index is 2.29. The minimum absolute atomic E-state index is 0.185. The predicted molar refractivity (Wildman–Crippen MR) is 54.6 cm³/mol. The molecular formula is C9H7ClN4O. The standard InChI is InChI=1S/C9H7ClN4O/c10-7-4-9(15)14(6-13-7)5-8-11-2-1-3-12-8/h1-4,6H,5H2. The Labute approximate surface area is 90.4 Å². The predicted octanol–water partition coefficient (Wildman–Crippen LogP) is 0.735. The average Bonchev–Trinajstić information content (AvgIpc) is 2.24. The first-order chi connectivity index (χ1) is 7.25. The highest BCUT2D eigenvalue weighted by molar-refractivity contribution is 6.29. The van der Waals surface area contributed by atoms with Crippen molar-refractivity contribution in [3.05, 3.63) is 52.2 Å². The molecule has 0 amide bonds. The summed E-state index contributed by atoms with van der Waals surface area (Å²) in [5, 5.41) is 0.185. The molecule has 5 nitrogen and oxygen atoms in total. The minimum atomic E-state index is -0.220. The van der Waals surface area contributed by atoms with Gasteiger partial charge in [-0.05, 0) is 6.07 Å². The second kappa shape index (κ2) is 4.18. The Morgan fingerprint density at radius 2 is 2.00 bits per heavy atom. The van der Waals surface area contributed by atoms with Gasteiger partial charge in [0, 0.05) is 18.5 Å². The molecule has 6 heteroatoms. The molecule has 0 unspecified atom stereocenters. The lowest BCUT2D eigenvalue weighted by Gasteiger charge is -2.02. The molecule has 0 aromatic carbocycles. The summed E-state index contributed by atoms with van der Waals surface area (Å²) >= 11 is 5.56. The van der Waals surface area contributed by atoms with E-state index >= 15 is 0 Å². The first kappa shape index (κ1) is 9.79. The zero-order valence-corrected chi connectivity index (χ0v) is 8.42. The van der Waals surface area contributed by atoms with Crippen molar-refractivity contribution in [2.24, 2.45) is 0 Å². The molecule has 0 radical (unpaired) electrons. The van der Waals surface area contributed by atoms with Crippen LogP contribution in [0.3, 0.4) is 0 Å². The molecule has 0 aliphatic carbocycles. The van der Waals surface area contributed by atoms with Gasteiger partial charge in [0.05, 0.1) is 12.9 Å². The van der Waals surface area contributed by atoms with E-state index in [1.165, 1.54) is 17.0 Å². The molecule has 0 fully saturated rings. The molecule has 0 bridgehead atoms. The highest BCUT2D eigenvalue weighted by atomic mass is 35.5. The largest absolute Gasteiger partial charge is 0.291 e. The topological polar surface area (TPSA) is 60.7 Å². The van der Waals surface area contributed by atoms with Gasteiger partial charge in [-0.2, -0.15) is 0 Å². The summed E-state index contributed by atoms with van der Waals surface area (Å²) in [7, 11) is 0. The molecule has 0 aliphatic heterocycles. The molecule has 0 saturated carbocycles. The number of hydrogen-bond acceptors (Lipinski definition) is 4. The lowest BCUT2D eigenvalue weighted by molar-refractivity contribution is 0.697. The van der Waals surface area contributed by atoms with Crippen LogP contribution in [-0.4, -0.2) is 19.5 Å². The lowest BCUT2D eigenvalue weighted by Crippen LogP contribution is -2.20. The quantitative estimate of drug-likeness (QED) is 0.703. The number of hydrogen-bond donors (Lipinski definition) is 0. The van der Waals surface area contributed by atoms with Crippen LogP contribution >= 0.6 is 11.6 Å². The van der Waals surface area contributed by atoms with Crippen molar-refractivity contribution in [2.75, 3.05) is 0 Å². The first-order valence-electron chi connectivity index (χ1n) is 4.23. The van der Waals surface area contributed by atoms with Crippen LogP contribution in [0, 0.1) is 0 Å². The van der Waals surface area contributed by atoms with Gasteiger partial charge in [0.2, 0.25) is 0 Å². The van der Waals surface area contributed by atoms with Gasteiger partial charge in [-0.25, -0.2) is 15.0 Å². The molecule has 15 heavy (non-hydrogen) atoms. The van der Waals surface area contributed by atoms with Crippen LogP contribution in [0.25, 0.3) is 0 Å². The van der Waals surface area contributed by atoms with Crippen LogP contribution in [0.4, 0.5) is 0 Å². The Morgan fingerprint density at radius 1 is 1.27 bits per heavy atom. The minimum Gasteiger partial charge on any atom is -0.291 e. The first-order valence-corrected chi connectivity index (χ1v) is 4.61. The van der Waals surface area contributed by atoms with Gasteiger partial charge in [-0.15, -0.1) is 0 Å². The van der Waals surface area contributed by atoms with Crippen molar-refractivity contribution in [3.63, 3.8) is 0 Å². The summed E-state index contributed by atoms with van der Waals surface area (Å²) < 4.78 is 1.39. The number of halogens is 1. The van der Waals surface area contributed by atoms with Gasteiger partial charge in [0.15, 0.2) is 0 Å². The van der Waals surface area contributed by atoms with E-state index in [-0.39, 0.29) is 10.7 Å². The Hall–Kier alpha value is -1.75. The second-order valence-electron chi connectivity index (χ2n) is 2.84. The smallest absolute Gasteiger partial charge is 0.255 e. The van der Waals surface area contributed by atoms with Crippen LogP contribution in [0.15, 0.2) is 35.6 Å². The molecule has 2 heterocycles. The third-order valence-electron chi connectivity index (χ3n) is 1.78. The number of nitrogens with zero attached hydrogens (tertiary/aromatic N) is 4. The molecule has 0 atom stereocenters. The summed E-state index contributed by atoms with van der Waals surface area (Å²) in [6.07, 6.45) is 4.62. The number of rotatable bonds is 2.